The Kier molecular flexibility index (Phi) is 7.14. The Hall–Kier alpha value is -3.85. The minimum absolute atomic E-state index is 0.0743. The highest BCUT2D eigenvalue weighted by Gasteiger charge is 2.25. The van der Waals surface area contributed by atoms with Gasteiger partial charge in [-0.2, -0.15) is 0 Å². The van der Waals surface area contributed by atoms with Crippen molar-refractivity contribution in [1.29, 1.82) is 0 Å². The van der Waals surface area contributed by atoms with E-state index in [4.69, 9.17) is 4.74 Å². The highest BCUT2D eigenvalue weighted by molar-refractivity contribution is 5.93. The van der Waals surface area contributed by atoms with Gasteiger partial charge in [-0.25, -0.2) is 13.2 Å². The van der Waals surface area contributed by atoms with E-state index in [1.165, 1.54) is 6.92 Å². The average molecular weight is 508 g/mol. The molecule has 5 rings (SSSR count). The van der Waals surface area contributed by atoms with E-state index in [1.54, 1.807) is 25.4 Å². The lowest BCUT2D eigenvalue weighted by Gasteiger charge is -2.35. The Labute approximate surface area is 213 Å². The molecule has 37 heavy (non-hydrogen) atoms. The maximum absolute atomic E-state index is 15.5. The van der Waals surface area contributed by atoms with E-state index >= 15 is 8.78 Å². The molecule has 1 aliphatic rings. The molecule has 2 aromatic carbocycles. The van der Waals surface area contributed by atoms with Gasteiger partial charge in [-0.3, -0.25) is 14.9 Å². The van der Waals surface area contributed by atoms with E-state index in [0.717, 1.165) is 31.9 Å². The molecule has 6 nitrogen and oxygen atoms in total. The molecule has 192 valence electrons. The summed E-state index contributed by atoms with van der Waals surface area (Å²) in [6.07, 6.45) is 3.54. The third-order valence-electron chi connectivity index (χ3n) is 6.65. The lowest BCUT2D eigenvalue weighted by Crippen LogP contribution is -2.47. The molecule has 9 heteroatoms. The monoisotopic (exact) mass is 507 g/mol. The second-order valence-corrected chi connectivity index (χ2v) is 9.11. The normalized spacial score (nSPS) is 14.2. The molecule has 0 unspecified atom stereocenters. The highest BCUT2D eigenvalue weighted by atomic mass is 19.1. The van der Waals surface area contributed by atoms with Crippen molar-refractivity contribution < 1.29 is 17.9 Å². The third-order valence-corrected chi connectivity index (χ3v) is 6.65. The van der Waals surface area contributed by atoms with Crippen LogP contribution in [0.1, 0.15) is 11.3 Å². The number of hydrogen-bond acceptors (Lipinski definition) is 6. The van der Waals surface area contributed by atoms with Crippen LogP contribution in [0.25, 0.3) is 10.9 Å². The van der Waals surface area contributed by atoms with Crippen molar-refractivity contribution in [2.75, 3.05) is 49.5 Å². The van der Waals surface area contributed by atoms with Gasteiger partial charge in [0.2, 0.25) is 0 Å². The molecule has 0 aliphatic carbocycles. The number of rotatable bonds is 7. The van der Waals surface area contributed by atoms with Gasteiger partial charge in [-0.1, -0.05) is 18.2 Å². The minimum Gasteiger partial charge on any atom is -0.486 e. The quantitative estimate of drug-likeness (QED) is 0.351. The van der Waals surface area contributed by atoms with Crippen molar-refractivity contribution >= 4 is 28.0 Å². The minimum atomic E-state index is -1.10. The Balaban J connectivity index is 1.29. The summed E-state index contributed by atoms with van der Waals surface area (Å²) >= 11 is 0. The number of ether oxygens (including phenoxy) is 1. The molecule has 0 spiro atoms. The van der Waals surface area contributed by atoms with Gasteiger partial charge in [-0.15, -0.1) is 0 Å². The summed E-state index contributed by atoms with van der Waals surface area (Å²) in [6, 6.07) is 12.9. The van der Waals surface area contributed by atoms with E-state index in [1.807, 2.05) is 36.4 Å². The number of fused-ring (bicyclic) bond motifs is 1. The van der Waals surface area contributed by atoms with Crippen LogP contribution in [-0.4, -0.2) is 54.2 Å². The van der Waals surface area contributed by atoms with E-state index in [2.05, 4.69) is 25.1 Å². The second-order valence-electron chi connectivity index (χ2n) is 9.11. The van der Waals surface area contributed by atoms with Crippen molar-refractivity contribution in [3.63, 3.8) is 0 Å². The predicted octanol–water partition coefficient (Wildman–Crippen LogP) is 5.61. The van der Waals surface area contributed by atoms with Crippen molar-refractivity contribution in [3.8, 4) is 5.75 Å². The number of piperazine rings is 1. The standard InChI is InChI=1S/C28H28F3N5O/c1-18-17-23(21-5-3-4-6-22(21)33-18)34-27-24(29)19(2)25(30)28(26(27)31)37-16-15-35-11-13-36(14-12-35)20-7-9-32-10-8-20/h3-10,17H,11-16H2,1-2H3,(H,33,34). The van der Waals surface area contributed by atoms with Gasteiger partial charge >= 0.3 is 0 Å². The zero-order valence-electron chi connectivity index (χ0n) is 20.8. The fraction of sp³-hybridized carbons (Fsp3) is 0.286. The van der Waals surface area contributed by atoms with Crippen molar-refractivity contribution in [3.05, 3.63) is 83.6 Å². The fourth-order valence-electron chi connectivity index (χ4n) is 4.60. The first-order valence-electron chi connectivity index (χ1n) is 12.2. The Morgan fingerprint density at radius 1 is 0.919 bits per heavy atom. The lowest BCUT2D eigenvalue weighted by molar-refractivity contribution is 0.192. The molecule has 1 fully saturated rings. The number of anilines is 3. The fourth-order valence-corrected chi connectivity index (χ4v) is 4.60. The smallest absolute Gasteiger partial charge is 0.194 e. The summed E-state index contributed by atoms with van der Waals surface area (Å²) < 4.78 is 51.0. The first-order valence-corrected chi connectivity index (χ1v) is 12.2. The topological polar surface area (TPSA) is 53.5 Å². The van der Waals surface area contributed by atoms with Crippen molar-refractivity contribution in [2.45, 2.75) is 13.8 Å². The van der Waals surface area contributed by atoms with Crippen LogP contribution in [0.4, 0.5) is 30.2 Å². The molecule has 0 bridgehead atoms. The van der Waals surface area contributed by atoms with Crippen LogP contribution in [0.3, 0.4) is 0 Å². The van der Waals surface area contributed by atoms with Gasteiger partial charge < -0.3 is 15.0 Å². The maximum atomic E-state index is 15.5. The van der Waals surface area contributed by atoms with Gasteiger partial charge in [0.1, 0.15) is 12.3 Å². The van der Waals surface area contributed by atoms with E-state index in [-0.39, 0.29) is 12.2 Å². The summed E-state index contributed by atoms with van der Waals surface area (Å²) in [5.41, 5.74) is 2.21. The van der Waals surface area contributed by atoms with Gasteiger partial charge in [0.05, 0.1) is 5.52 Å². The lowest BCUT2D eigenvalue weighted by atomic mass is 10.1. The van der Waals surface area contributed by atoms with E-state index < -0.39 is 28.9 Å². The largest absolute Gasteiger partial charge is 0.486 e. The number of aryl methyl sites for hydroxylation is 1. The summed E-state index contributed by atoms with van der Waals surface area (Å²) in [4.78, 5) is 13.0. The molecule has 0 radical (unpaired) electrons. The maximum Gasteiger partial charge on any atom is 0.194 e. The molecule has 2 aromatic heterocycles. The molecule has 3 heterocycles. The molecule has 0 atom stereocenters. The molecule has 1 saturated heterocycles. The summed E-state index contributed by atoms with van der Waals surface area (Å²) in [5.74, 6) is -3.69. The zero-order valence-corrected chi connectivity index (χ0v) is 20.8. The van der Waals surface area contributed by atoms with Crippen LogP contribution in [0.15, 0.2) is 54.9 Å². The Morgan fingerprint density at radius 3 is 2.41 bits per heavy atom. The molecule has 0 amide bonds. The van der Waals surface area contributed by atoms with Crippen molar-refractivity contribution in [1.82, 2.24) is 14.9 Å². The number of para-hydroxylation sites is 1. The molecule has 0 saturated carbocycles. The Morgan fingerprint density at radius 2 is 1.65 bits per heavy atom. The summed E-state index contributed by atoms with van der Waals surface area (Å²) in [6.45, 7) is 6.88. The molecular weight excluding hydrogens is 479 g/mol. The van der Waals surface area contributed by atoms with Crippen LogP contribution in [0.5, 0.6) is 5.75 Å². The number of halogens is 3. The number of nitrogens with zero attached hydrogens (tertiary/aromatic N) is 4. The van der Waals surface area contributed by atoms with Crippen molar-refractivity contribution in [2.24, 2.45) is 0 Å². The number of benzene rings is 2. The molecule has 4 aromatic rings. The van der Waals surface area contributed by atoms with Gasteiger partial charge in [0.25, 0.3) is 0 Å². The molecule has 1 N–H and O–H groups in total. The summed E-state index contributed by atoms with van der Waals surface area (Å²) in [7, 11) is 0. The first kappa shape index (κ1) is 24.8. The van der Waals surface area contributed by atoms with Gasteiger partial charge in [-0.05, 0) is 38.1 Å². The van der Waals surface area contributed by atoms with Crippen LogP contribution >= 0.6 is 0 Å². The van der Waals surface area contributed by atoms with Gasteiger partial charge in [0, 0.05) is 73.1 Å². The third kappa shape index (κ3) is 5.17. The first-order chi connectivity index (χ1) is 17.9. The van der Waals surface area contributed by atoms with Crippen LogP contribution < -0.4 is 15.0 Å². The van der Waals surface area contributed by atoms with Crippen LogP contribution in [-0.2, 0) is 0 Å². The zero-order chi connectivity index (χ0) is 25.9. The van der Waals surface area contributed by atoms with Crippen LogP contribution in [0, 0.1) is 31.3 Å². The Bertz CT molecular complexity index is 1410. The highest BCUT2D eigenvalue weighted by Crippen LogP contribution is 2.37. The second kappa shape index (κ2) is 10.6. The molecular formula is C28H28F3N5O. The number of pyridine rings is 2. The molecule has 1 aliphatic heterocycles. The predicted molar refractivity (Wildman–Crippen MR) is 139 cm³/mol. The van der Waals surface area contributed by atoms with Gasteiger partial charge in [0.15, 0.2) is 23.2 Å². The number of hydrogen-bond donors (Lipinski definition) is 1. The van der Waals surface area contributed by atoms with E-state index in [9.17, 15) is 4.39 Å². The SMILES string of the molecule is Cc1cc(Nc2c(F)c(C)c(F)c(OCCN3CCN(c4ccncc4)CC3)c2F)c2ccccc2n1. The summed E-state index contributed by atoms with van der Waals surface area (Å²) in [5, 5.41) is 3.53. The number of aromatic nitrogens is 2. The van der Waals surface area contributed by atoms with Crippen LogP contribution in [0.2, 0.25) is 0 Å². The van der Waals surface area contributed by atoms with E-state index in [0.29, 0.717) is 28.8 Å². The average Bonchev–Trinajstić information content (AvgIpc) is 2.92. The number of nitrogens with one attached hydrogen (secondary N) is 1.